The van der Waals surface area contributed by atoms with E-state index in [1.165, 1.54) is 0 Å². The molecule has 0 unspecified atom stereocenters. The predicted octanol–water partition coefficient (Wildman–Crippen LogP) is 3.27. The molecule has 0 saturated carbocycles. The van der Waals surface area contributed by atoms with Gasteiger partial charge in [-0.1, -0.05) is 29.8 Å². The van der Waals surface area contributed by atoms with Crippen molar-refractivity contribution in [1.82, 2.24) is 5.32 Å². The van der Waals surface area contributed by atoms with Gasteiger partial charge in [0.1, 0.15) is 12.4 Å². The van der Waals surface area contributed by atoms with Crippen molar-refractivity contribution in [3.63, 3.8) is 0 Å². The lowest BCUT2D eigenvalue weighted by molar-refractivity contribution is 0.294. The zero-order valence-electron chi connectivity index (χ0n) is 12.5. The highest BCUT2D eigenvalue weighted by molar-refractivity contribution is 6.30. The van der Waals surface area contributed by atoms with Gasteiger partial charge in [0.15, 0.2) is 11.5 Å². The van der Waals surface area contributed by atoms with E-state index in [0.29, 0.717) is 35.3 Å². The molecule has 0 fully saturated rings. The van der Waals surface area contributed by atoms with Crippen molar-refractivity contribution in [3.8, 4) is 17.2 Å². The molecule has 0 spiro atoms. The molecule has 2 N–H and O–H groups in total. The standard InChI is InChI=1S/C17H20ClNO3/c1-19-9-11-21-17-12-14(18)6-7-16(17)22-15-5-3-2-4-13(15)8-10-20/h2-7,12,19-20H,8-11H2,1H3. The van der Waals surface area contributed by atoms with E-state index in [1.54, 1.807) is 18.2 Å². The lowest BCUT2D eigenvalue weighted by atomic mass is 10.1. The molecule has 118 valence electrons. The highest BCUT2D eigenvalue weighted by Gasteiger charge is 2.10. The van der Waals surface area contributed by atoms with Crippen LogP contribution in [0.1, 0.15) is 5.56 Å². The maximum Gasteiger partial charge on any atom is 0.169 e. The van der Waals surface area contributed by atoms with Crippen molar-refractivity contribution in [2.24, 2.45) is 0 Å². The summed E-state index contributed by atoms with van der Waals surface area (Å²) >= 11 is 6.03. The molecular formula is C17H20ClNO3. The Morgan fingerprint density at radius 3 is 2.68 bits per heavy atom. The zero-order chi connectivity index (χ0) is 15.8. The van der Waals surface area contributed by atoms with Crippen LogP contribution >= 0.6 is 11.6 Å². The van der Waals surface area contributed by atoms with Gasteiger partial charge >= 0.3 is 0 Å². The van der Waals surface area contributed by atoms with Crippen LogP contribution in [0.3, 0.4) is 0 Å². The summed E-state index contributed by atoms with van der Waals surface area (Å²) in [6.45, 7) is 1.32. The summed E-state index contributed by atoms with van der Waals surface area (Å²) in [6.07, 6.45) is 0.541. The normalized spacial score (nSPS) is 10.5. The number of ether oxygens (including phenoxy) is 2. The Labute approximate surface area is 135 Å². The first-order valence-electron chi connectivity index (χ1n) is 7.18. The van der Waals surface area contributed by atoms with Crippen LogP contribution in [-0.4, -0.2) is 31.9 Å². The lowest BCUT2D eigenvalue weighted by Gasteiger charge is -2.15. The van der Waals surface area contributed by atoms with E-state index in [2.05, 4.69) is 5.32 Å². The topological polar surface area (TPSA) is 50.7 Å². The molecule has 0 radical (unpaired) electrons. The monoisotopic (exact) mass is 321 g/mol. The van der Waals surface area contributed by atoms with E-state index >= 15 is 0 Å². The van der Waals surface area contributed by atoms with Crippen molar-refractivity contribution >= 4 is 11.6 Å². The van der Waals surface area contributed by atoms with Crippen molar-refractivity contribution in [2.45, 2.75) is 6.42 Å². The molecule has 0 amide bonds. The maximum atomic E-state index is 9.14. The number of aliphatic hydroxyl groups is 1. The molecule has 4 nitrogen and oxygen atoms in total. The Morgan fingerprint density at radius 1 is 1.09 bits per heavy atom. The molecule has 2 aromatic carbocycles. The minimum Gasteiger partial charge on any atom is -0.488 e. The van der Waals surface area contributed by atoms with Crippen LogP contribution in [0.5, 0.6) is 17.2 Å². The molecule has 0 aliphatic heterocycles. The molecule has 2 aromatic rings. The second kappa shape index (κ2) is 8.63. The summed E-state index contributed by atoms with van der Waals surface area (Å²) in [7, 11) is 1.86. The minimum atomic E-state index is 0.0759. The van der Waals surface area contributed by atoms with Crippen molar-refractivity contribution < 1.29 is 14.6 Å². The number of benzene rings is 2. The van der Waals surface area contributed by atoms with Crippen LogP contribution in [-0.2, 0) is 6.42 Å². The first-order valence-corrected chi connectivity index (χ1v) is 7.56. The van der Waals surface area contributed by atoms with Gasteiger partial charge in [-0.25, -0.2) is 0 Å². The number of rotatable bonds is 8. The van der Waals surface area contributed by atoms with Gasteiger partial charge in [-0.3, -0.25) is 0 Å². The molecular weight excluding hydrogens is 302 g/mol. The number of halogens is 1. The molecule has 0 aliphatic carbocycles. The largest absolute Gasteiger partial charge is 0.488 e. The molecule has 0 aromatic heterocycles. The average Bonchev–Trinajstić information content (AvgIpc) is 2.52. The Hall–Kier alpha value is -1.75. The molecule has 5 heteroatoms. The number of para-hydroxylation sites is 1. The molecule has 0 heterocycles. The number of nitrogens with one attached hydrogen (secondary N) is 1. The molecule has 0 atom stereocenters. The SMILES string of the molecule is CNCCOc1cc(Cl)ccc1Oc1ccccc1CCO. The lowest BCUT2D eigenvalue weighted by Crippen LogP contribution is -2.16. The van der Waals surface area contributed by atoms with Crippen LogP contribution in [0.2, 0.25) is 5.02 Å². The second-order valence-electron chi connectivity index (χ2n) is 4.73. The molecule has 22 heavy (non-hydrogen) atoms. The van der Waals surface area contributed by atoms with Gasteiger partial charge in [0.05, 0.1) is 0 Å². The third kappa shape index (κ3) is 4.63. The predicted molar refractivity (Wildman–Crippen MR) is 88.2 cm³/mol. The number of hydrogen-bond acceptors (Lipinski definition) is 4. The number of likely N-dealkylation sites (N-methyl/N-ethyl adjacent to an activating group) is 1. The quantitative estimate of drug-likeness (QED) is 0.733. The third-order valence-electron chi connectivity index (χ3n) is 3.09. The van der Waals surface area contributed by atoms with Crippen molar-refractivity contribution in [3.05, 3.63) is 53.1 Å². The van der Waals surface area contributed by atoms with Crippen LogP contribution in [0.25, 0.3) is 0 Å². The Balaban J connectivity index is 2.21. The highest BCUT2D eigenvalue weighted by Crippen LogP contribution is 2.35. The maximum absolute atomic E-state index is 9.14. The summed E-state index contributed by atoms with van der Waals surface area (Å²) in [5.74, 6) is 1.91. The fourth-order valence-electron chi connectivity index (χ4n) is 1.99. The van der Waals surface area contributed by atoms with Gasteiger partial charge in [0.2, 0.25) is 0 Å². The minimum absolute atomic E-state index is 0.0759. The Kier molecular flexibility index (Phi) is 6.52. The van der Waals surface area contributed by atoms with Gasteiger partial charge in [-0.15, -0.1) is 0 Å². The van der Waals surface area contributed by atoms with E-state index in [4.69, 9.17) is 26.2 Å². The first-order chi connectivity index (χ1) is 10.7. The number of aliphatic hydroxyl groups excluding tert-OH is 1. The summed E-state index contributed by atoms with van der Waals surface area (Å²) in [5, 5.41) is 12.8. The van der Waals surface area contributed by atoms with E-state index < -0.39 is 0 Å². The van der Waals surface area contributed by atoms with Gasteiger partial charge in [0.25, 0.3) is 0 Å². The summed E-state index contributed by atoms with van der Waals surface area (Å²) < 4.78 is 11.7. The van der Waals surface area contributed by atoms with E-state index in [9.17, 15) is 0 Å². The van der Waals surface area contributed by atoms with Crippen LogP contribution in [0.4, 0.5) is 0 Å². The zero-order valence-corrected chi connectivity index (χ0v) is 13.3. The fraction of sp³-hybridized carbons (Fsp3) is 0.294. The smallest absolute Gasteiger partial charge is 0.169 e. The summed E-state index contributed by atoms with van der Waals surface area (Å²) in [5.41, 5.74) is 0.945. The second-order valence-corrected chi connectivity index (χ2v) is 5.16. The Bertz CT molecular complexity index is 604. The fourth-order valence-corrected chi connectivity index (χ4v) is 2.15. The van der Waals surface area contributed by atoms with Gasteiger partial charge in [-0.2, -0.15) is 0 Å². The highest BCUT2D eigenvalue weighted by atomic mass is 35.5. The molecule has 0 saturated heterocycles. The average molecular weight is 322 g/mol. The molecule has 0 bridgehead atoms. The van der Waals surface area contributed by atoms with Gasteiger partial charge in [-0.05, 0) is 37.2 Å². The van der Waals surface area contributed by atoms with E-state index in [-0.39, 0.29) is 6.61 Å². The third-order valence-corrected chi connectivity index (χ3v) is 3.32. The molecule has 0 aliphatic rings. The van der Waals surface area contributed by atoms with Crippen molar-refractivity contribution in [2.75, 3.05) is 26.8 Å². The van der Waals surface area contributed by atoms with Gasteiger partial charge < -0.3 is 19.9 Å². The van der Waals surface area contributed by atoms with Crippen LogP contribution < -0.4 is 14.8 Å². The summed E-state index contributed by atoms with van der Waals surface area (Å²) in [4.78, 5) is 0. The van der Waals surface area contributed by atoms with Gasteiger partial charge in [0, 0.05) is 24.2 Å². The van der Waals surface area contributed by atoms with Crippen LogP contribution in [0.15, 0.2) is 42.5 Å². The van der Waals surface area contributed by atoms with E-state index in [1.807, 2.05) is 31.3 Å². The molecule has 2 rings (SSSR count). The van der Waals surface area contributed by atoms with Crippen LogP contribution in [0, 0.1) is 0 Å². The van der Waals surface area contributed by atoms with E-state index in [0.717, 1.165) is 12.1 Å². The Morgan fingerprint density at radius 2 is 1.91 bits per heavy atom. The first kappa shape index (κ1) is 16.6. The van der Waals surface area contributed by atoms with Crippen molar-refractivity contribution in [1.29, 1.82) is 0 Å². The number of hydrogen-bond donors (Lipinski definition) is 2. The summed E-state index contributed by atoms with van der Waals surface area (Å²) in [6, 6.07) is 12.9.